The number of rotatable bonds is 6. The fourth-order valence-corrected chi connectivity index (χ4v) is 6.39. The molecule has 0 saturated heterocycles. The molecule has 8 nitrogen and oxygen atoms in total. The minimum atomic E-state index is 0.585. The van der Waals surface area contributed by atoms with E-state index in [1.165, 1.54) is 0 Å². The zero-order chi connectivity index (χ0) is 33.0. The minimum absolute atomic E-state index is 0.585. The third kappa shape index (κ3) is 4.78. The maximum atomic E-state index is 6.04. The first-order valence-electron chi connectivity index (χ1n) is 16.2. The molecule has 0 unspecified atom stereocenters. The van der Waals surface area contributed by atoms with E-state index in [9.17, 15) is 0 Å². The first-order chi connectivity index (χ1) is 24.7. The molecule has 5 aromatic carbocycles. The number of aromatic nitrogens is 4. The fraction of sp³-hybridized carbons (Fsp3) is 0. The summed E-state index contributed by atoms with van der Waals surface area (Å²) < 4.78 is 18.1. The van der Waals surface area contributed by atoms with Gasteiger partial charge in [0.05, 0.1) is 5.39 Å². The molecule has 0 aliphatic rings. The van der Waals surface area contributed by atoms with E-state index in [4.69, 9.17) is 18.2 Å². The van der Waals surface area contributed by atoms with E-state index in [-0.39, 0.29) is 0 Å². The summed E-state index contributed by atoms with van der Waals surface area (Å²) in [4.78, 5) is 20.7. The highest BCUT2D eigenvalue weighted by Gasteiger charge is 2.17. The lowest BCUT2D eigenvalue weighted by Crippen LogP contribution is -2.09. The van der Waals surface area contributed by atoms with Crippen molar-refractivity contribution in [3.63, 3.8) is 0 Å². The average molecular weight is 648 g/mol. The summed E-state index contributed by atoms with van der Waals surface area (Å²) in [5.74, 6) is 1.17. The van der Waals surface area contributed by atoms with E-state index < -0.39 is 0 Å². The van der Waals surface area contributed by atoms with Crippen molar-refractivity contribution in [2.45, 2.75) is 0 Å². The molecular weight excluding hydrogens is 622 g/mol. The Labute approximate surface area is 284 Å². The van der Waals surface area contributed by atoms with Crippen LogP contribution in [0.4, 0.5) is 17.1 Å². The molecule has 236 valence electrons. The molecule has 50 heavy (non-hydrogen) atoms. The molecule has 0 spiro atoms. The summed E-state index contributed by atoms with van der Waals surface area (Å²) in [6, 6.07) is 46.4. The Morgan fingerprint density at radius 2 is 0.980 bits per heavy atom. The van der Waals surface area contributed by atoms with Crippen molar-refractivity contribution in [3.05, 3.63) is 152 Å². The molecule has 8 heteroatoms. The molecule has 0 fully saturated rings. The van der Waals surface area contributed by atoms with Crippen LogP contribution in [0.3, 0.4) is 0 Å². The Bertz CT molecular complexity index is 2630. The molecule has 10 rings (SSSR count). The Balaban J connectivity index is 1.02. The minimum Gasteiger partial charge on any atom is -0.436 e. The topological polar surface area (TPSA) is 94.2 Å². The second kappa shape index (κ2) is 11.3. The van der Waals surface area contributed by atoms with Crippen LogP contribution in [0.15, 0.2) is 165 Å². The first-order valence-corrected chi connectivity index (χ1v) is 16.2. The molecule has 0 aliphatic heterocycles. The van der Waals surface area contributed by atoms with Crippen LogP contribution in [0.5, 0.6) is 0 Å². The Hall–Kier alpha value is -7.06. The number of oxazole rings is 2. The molecule has 0 bridgehead atoms. The SMILES string of the molecule is c1ccc2oc(-c3ccc(N(c4ccc(-c5cnc6c(c5)oc5ncccc56)cc4)c4ccc(-c5nc6ccccc6o5)cc4)cc3)nc2c1. The van der Waals surface area contributed by atoms with E-state index in [2.05, 4.69) is 68.4 Å². The van der Waals surface area contributed by atoms with E-state index >= 15 is 0 Å². The third-order valence-electron chi connectivity index (χ3n) is 8.88. The zero-order valence-corrected chi connectivity index (χ0v) is 26.4. The summed E-state index contributed by atoms with van der Waals surface area (Å²) in [6.07, 6.45) is 3.61. The summed E-state index contributed by atoms with van der Waals surface area (Å²) in [5, 5.41) is 0.907. The van der Waals surface area contributed by atoms with Crippen LogP contribution < -0.4 is 4.90 Å². The number of para-hydroxylation sites is 4. The molecule has 0 aliphatic carbocycles. The molecule has 0 amide bonds. The molecule has 0 N–H and O–H groups in total. The van der Waals surface area contributed by atoms with Crippen LogP contribution in [0.2, 0.25) is 0 Å². The Morgan fingerprint density at radius 3 is 1.54 bits per heavy atom. The van der Waals surface area contributed by atoms with E-state index in [0.29, 0.717) is 23.1 Å². The van der Waals surface area contributed by atoms with Crippen molar-refractivity contribution in [1.82, 2.24) is 19.9 Å². The lowest BCUT2D eigenvalue weighted by atomic mass is 10.1. The maximum absolute atomic E-state index is 6.04. The normalized spacial score (nSPS) is 11.6. The number of fused-ring (bicyclic) bond motifs is 5. The summed E-state index contributed by atoms with van der Waals surface area (Å²) in [6.45, 7) is 0. The summed E-state index contributed by atoms with van der Waals surface area (Å²) in [7, 11) is 0. The van der Waals surface area contributed by atoms with Crippen LogP contribution in [0.1, 0.15) is 0 Å². The predicted molar refractivity (Wildman–Crippen MR) is 195 cm³/mol. The zero-order valence-electron chi connectivity index (χ0n) is 26.4. The van der Waals surface area contributed by atoms with Gasteiger partial charge in [-0.1, -0.05) is 36.4 Å². The van der Waals surface area contributed by atoms with Crippen LogP contribution in [0.25, 0.3) is 78.4 Å². The molecule has 10 aromatic rings. The van der Waals surface area contributed by atoms with Gasteiger partial charge in [-0.3, -0.25) is 4.98 Å². The highest BCUT2D eigenvalue weighted by atomic mass is 16.4. The van der Waals surface area contributed by atoms with Crippen molar-refractivity contribution in [2.24, 2.45) is 0 Å². The standard InChI is InChI=1S/C42H25N5O3/c1-3-9-36-34(7-1)45-40(48-36)27-13-19-31(20-14-27)47(32-21-15-28(16-22-32)41-46-35-8-2-4-10-37(35)49-41)30-17-11-26(12-18-30)29-24-38-39(44-25-29)33-6-5-23-43-42(33)50-38/h1-25H. The summed E-state index contributed by atoms with van der Waals surface area (Å²) >= 11 is 0. The Morgan fingerprint density at radius 1 is 0.440 bits per heavy atom. The van der Waals surface area contributed by atoms with E-state index in [1.54, 1.807) is 6.20 Å². The van der Waals surface area contributed by atoms with E-state index in [0.717, 1.165) is 72.4 Å². The quantitative estimate of drug-likeness (QED) is 0.176. The van der Waals surface area contributed by atoms with Crippen LogP contribution in [0, 0.1) is 0 Å². The predicted octanol–water partition coefficient (Wildman–Crippen LogP) is 11.1. The number of benzene rings is 5. The van der Waals surface area contributed by atoms with Gasteiger partial charge in [0.2, 0.25) is 17.5 Å². The highest BCUT2D eigenvalue weighted by Crippen LogP contribution is 2.38. The van der Waals surface area contributed by atoms with Gasteiger partial charge < -0.3 is 18.2 Å². The van der Waals surface area contributed by atoms with Crippen LogP contribution in [-0.2, 0) is 0 Å². The maximum Gasteiger partial charge on any atom is 0.228 e. The van der Waals surface area contributed by atoms with Gasteiger partial charge in [0, 0.05) is 46.1 Å². The van der Waals surface area contributed by atoms with Gasteiger partial charge >= 0.3 is 0 Å². The molecule has 5 heterocycles. The molecule has 0 radical (unpaired) electrons. The van der Waals surface area contributed by atoms with Gasteiger partial charge in [0.15, 0.2) is 16.7 Å². The third-order valence-corrected chi connectivity index (χ3v) is 8.88. The fourth-order valence-electron chi connectivity index (χ4n) is 6.39. The van der Waals surface area contributed by atoms with Crippen LogP contribution in [-0.4, -0.2) is 19.9 Å². The van der Waals surface area contributed by atoms with Crippen molar-refractivity contribution in [2.75, 3.05) is 4.90 Å². The molecular formula is C42H25N5O3. The van der Waals surface area contributed by atoms with Crippen molar-refractivity contribution < 1.29 is 13.3 Å². The van der Waals surface area contributed by atoms with Crippen molar-refractivity contribution >= 4 is 61.5 Å². The second-order valence-electron chi connectivity index (χ2n) is 12.0. The van der Waals surface area contributed by atoms with Crippen molar-refractivity contribution in [1.29, 1.82) is 0 Å². The van der Waals surface area contributed by atoms with Gasteiger partial charge in [-0.15, -0.1) is 0 Å². The smallest absolute Gasteiger partial charge is 0.228 e. The monoisotopic (exact) mass is 647 g/mol. The largest absolute Gasteiger partial charge is 0.436 e. The number of hydrogen-bond acceptors (Lipinski definition) is 8. The molecule has 5 aromatic heterocycles. The number of hydrogen-bond donors (Lipinski definition) is 0. The second-order valence-corrected chi connectivity index (χ2v) is 12.0. The number of anilines is 3. The number of nitrogens with zero attached hydrogens (tertiary/aromatic N) is 5. The van der Waals surface area contributed by atoms with Gasteiger partial charge in [-0.05, 0) is 109 Å². The Kier molecular flexibility index (Phi) is 6.32. The van der Waals surface area contributed by atoms with Crippen molar-refractivity contribution in [3.8, 4) is 34.0 Å². The number of pyridine rings is 2. The molecule has 0 saturated carbocycles. The highest BCUT2D eigenvalue weighted by molar-refractivity contribution is 6.01. The lowest BCUT2D eigenvalue weighted by Gasteiger charge is -2.26. The van der Waals surface area contributed by atoms with Gasteiger partial charge in [0.25, 0.3) is 0 Å². The van der Waals surface area contributed by atoms with Crippen LogP contribution >= 0.6 is 0 Å². The first kappa shape index (κ1) is 28.0. The van der Waals surface area contributed by atoms with Gasteiger partial charge in [-0.25, -0.2) is 15.0 Å². The lowest BCUT2D eigenvalue weighted by molar-refractivity contribution is 0.619. The van der Waals surface area contributed by atoms with Gasteiger partial charge in [0.1, 0.15) is 16.6 Å². The van der Waals surface area contributed by atoms with Gasteiger partial charge in [-0.2, -0.15) is 0 Å². The molecule has 0 atom stereocenters. The summed E-state index contributed by atoms with van der Waals surface area (Å²) in [5.41, 5.74) is 12.0. The average Bonchev–Trinajstić information content (AvgIpc) is 3.91. The number of furan rings is 1. The van der Waals surface area contributed by atoms with E-state index in [1.807, 2.05) is 97.2 Å².